The van der Waals surface area contributed by atoms with Crippen molar-refractivity contribution in [3.8, 4) is 10.6 Å². The molecule has 1 amide bonds. The SMILES string of the molecule is Cc1cccc(NC(=O)c2cc3nc(-c4cccs4)cc(C(F)(F)F)n3n2)c1C. The van der Waals surface area contributed by atoms with Crippen molar-refractivity contribution in [2.24, 2.45) is 0 Å². The molecule has 4 rings (SSSR count). The number of carbonyl (C=O) groups excluding carboxylic acids is 1. The van der Waals surface area contributed by atoms with E-state index in [4.69, 9.17) is 0 Å². The van der Waals surface area contributed by atoms with E-state index in [-0.39, 0.29) is 17.0 Å². The smallest absolute Gasteiger partial charge is 0.320 e. The number of hydrogen-bond donors (Lipinski definition) is 1. The molecule has 3 aromatic heterocycles. The second kappa shape index (κ2) is 7.00. The van der Waals surface area contributed by atoms with E-state index in [9.17, 15) is 18.0 Å². The first-order valence-electron chi connectivity index (χ1n) is 8.63. The van der Waals surface area contributed by atoms with Gasteiger partial charge in [-0.05, 0) is 48.6 Å². The fraction of sp³-hybridized carbons (Fsp3) is 0.150. The van der Waals surface area contributed by atoms with Gasteiger partial charge < -0.3 is 5.32 Å². The fourth-order valence-electron chi connectivity index (χ4n) is 2.91. The lowest BCUT2D eigenvalue weighted by Gasteiger charge is -2.10. The van der Waals surface area contributed by atoms with Crippen molar-refractivity contribution < 1.29 is 18.0 Å². The molecular formula is C20H15F3N4OS. The molecule has 1 aromatic carbocycles. The van der Waals surface area contributed by atoms with Crippen molar-refractivity contribution in [3.63, 3.8) is 0 Å². The zero-order valence-electron chi connectivity index (χ0n) is 15.4. The standard InChI is InChI=1S/C20H15F3N4OS/c1-11-5-3-6-13(12(11)2)25-19(28)15-10-18-24-14(16-7-4-8-29-16)9-17(20(21,22)23)27(18)26-15/h3-10H,1-2H3,(H,25,28). The number of hydrogen-bond acceptors (Lipinski definition) is 4. The summed E-state index contributed by atoms with van der Waals surface area (Å²) in [6, 6.07) is 11.0. The number of benzene rings is 1. The van der Waals surface area contributed by atoms with E-state index in [0.717, 1.165) is 17.2 Å². The highest BCUT2D eigenvalue weighted by atomic mass is 32.1. The molecule has 0 radical (unpaired) electrons. The number of alkyl halides is 3. The Morgan fingerprint density at radius 1 is 1.14 bits per heavy atom. The average Bonchev–Trinajstić information content (AvgIpc) is 3.33. The van der Waals surface area contributed by atoms with Gasteiger partial charge in [-0.15, -0.1) is 11.3 Å². The van der Waals surface area contributed by atoms with Gasteiger partial charge in [-0.3, -0.25) is 4.79 Å². The lowest BCUT2D eigenvalue weighted by atomic mass is 10.1. The summed E-state index contributed by atoms with van der Waals surface area (Å²) in [7, 11) is 0. The van der Waals surface area contributed by atoms with E-state index in [1.54, 1.807) is 29.6 Å². The number of aromatic nitrogens is 3. The number of amides is 1. The minimum atomic E-state index is -4.65. The Hall–Kier alpha value is -3.20. The number of rotatable bonds is 3. The van der Waals surface area contributed by atoms with Crippen LogP contribution >= 0.6 is 11.3 Å². The molecule has 0 aliphatic rings. The molecular weight excluding hydrogens is 401 g/mol. The minimum Gasteiger partial charge on any atom is -0.320 e. The van der Waals surface area contributed by atoms with Gasteiger partial charge in [0.15, 0.2) is 17.0 Å². The van der Waals surface area contributed by atoms with Gasteiger partial charge in [-0.1, -0.05) is 18.2 Å². The predicted octanol–water partition coefficient (Wildman–Crippen LogP) is 5.35. The number of thiophene rings is 1. The zero-order valence-corrected chi connectivity index (χ0v) is 16.2. The summed E-state index contributed by atoms with van der Waals surface area (Å²) in [6.45, 7) is 3.76. The van der Waals surface area contributed by atoms with E-state index in [0.29, 0.717) is 15.1 Å². The van der Waals surface area contributed by atoms with Crippen LogP contribution in [-0.4, -0.2) is 20.5 Å². The second-order valence-corrected chi connectivity index (χ2v) is 7.45. The van der Waals surface area contributed by atoms with Crippen LogP contribution in [0.3, 0.4) is 0 Å². The van der Waals surface area contributed by atoms with E-state index in [1.807, 2.05) is 19.9 Å². The maximum absolute atomic E-state index is 13.6. The predicted molar refractivity (Wildman–Crippen MR) is 105 cm³/mol. The molecule has 0 spiro atoms. The topological polar surface area (TPSA) is 59.3 Å². The molecule has 0 fully saturated rings. The Kier molecular flexibility index (Phi) is 4.62. The normalized spacial score (nSPS) is 11.8. The van der Waals surface area contributed by atoms with E-state index < -0.39 is 17.8 Å². The van der Waals surface area contributed by atoms with E-state index in [2.05, 4.69) is 15.4 Å². The molecule has 0 atom stereocenters. The first kappa shape index (κ1) is 19.1. The third-order valence-corrected chi connectivity index (χ3v) is 5.47. The van der Waals surface area contributed by atoms with Gasteiger partial charge in [-0.25, -0.2) is 9.50 Å². The Morgan fingerprint density at radius 3 is 2.62 bits per heavy atom. The lowest BCUT2D eigenvalue weighted by molar-refractivity contribution is -0.142. The Labute approximate surface area is 167 Å². The molecule has 148 valence electrons. The minimum absolute atomic E-state index is 0.0469. The molecule has 0 saturated carbocycles. The van der Waals surface area contributed by atoms with Crippen molar-refractivity contribution >= 4 is 28.6 Å². The summed E-state index contributed by atoms with van der Waals surface area (Å²) >= 11 is 1.28. The summed E-state index contributed by atoms with van der Waals surface area (Å²) in [4.78, 5) is 17.5. The average molecular weight is 416 g/mol. The van der Waals surface area contributed by atoms with Gasteiger partial charge >= 0.3 is 6.18 Å². The molecule has 0 unspecified atom stereocenters. The van der Waals surface area contributed by atoms with Gasteiger partial charge in [0.05, 0.1) is 10.6 Å². The van der Waals surface area contributed by atoms with Crippen molar-refractivity contribution in [3.05, 3.63) is 70.4 Å². The number of nitrogens with zero attached hydrogens (tertiary/aromatic N) is 3. The van der Waals surface area contributed by atoms with Crippen molar-refractivity contribution in [1.29, 1.82) is 0 Å². The number of anilines is 1. The summed E-state index contributed by atoms with van der Waals surface area (Å²) < 4.78 is 41.5. The van der Waals surface area contributed by atoms with Gasteiger partial charge in [0.2, 0.25) is 0 Å². The lowest BCUT2D eigenvalue weighted by Crippen LogP contribution is -2.16. The quantitative estimate of drug-likeness (QED) is 0.490. The largest absolute Gasteiger partial charge is 0.433 e. The Bertz CT molecular complexity index is 1210. The summed E-state index contributed by atoms with van der Waals surface area (Å²) in [5.74, 6) is -0.602. The van der Waals surface area contributed by atoms with Crippen LogP contribution in [-0.2, 0) is 6.18 Å². The highest BCUT2D eigenvalue weighted by Gasteiger charge is 2.35. The number of aryl methyl sites for hydroxylation is 1. The van der Waals surface area contributed by atoms with Gasteiger partial charge in [0.25, 0.3) is 5.91 Å². The fourth-order valence-corrected chi connectivity index (χ4v) is 3.60. The Balaban J connectivity index is 1.78. The van der Waals surface area contributed by atoms with Crippen molar-refractivity contribution in [2.45, 2.75) is 20.0 Å². The summed E-state index contributed by atoms with van der Waals surface area (Å²) in [5.41, 5.74) is 1.44. The number of halogens is 3. The van der Waals surface area contributed by atoms with Crippen LogP contribution in [0.25, 0.3) is 16.2 Å². The second-order valence-electron chi connectivity index (χ2n) is 6.50. The molecule has 5 nitrogen and oxygen atoms in total. The van der Waals surface area contributed by atoms with E-state index >= 15 is 0 Å². The molecule has 1 N–H and O–H groups in total. The maximum atomic E-state index is 13.6. The summed E-state index contributed by atoms with van der Waals surface area (Å²) in [6.07, 6.45) is -4.65. The molecule has 29 heavy (non-hydrogen) atoms. The number of nitrogens with one attached hydrogen (secondary N) is 1. The van der Waals surface area contributed by atoms with Crippen LogP contribution in [0.2, 0.25) is 0 Å². The number of fused-ring (bicyclic) bond motifs is 1. The summed E-state index contributed by atoms with van der Waals surface area (Å²) in [5, 5.41) is 8.34. The van der Waals surface area contributed by atoms with Crippen LogP contribution in [0.4, 0.5) is 18.9 Å². The number of carbonyl (C=O) groups is 1. The highest BCUT2D eigenvalue weighted by molar-refractivity contribution is 7.13. The molecule has 0 bridgehead atoms. The first-order valence-corrected chi connectivity index (χ1v) is 9.51. The van der Waals surface area contributed by atoms with Gasteiger partial charge in [-0.2, -0.15) is 18.3 Å². The van der Waals surface area contributed by atoms with Crippen LogP contribution in [0.5, 0.6) is 0 Å². The monoisotopic (exact) mass is 416 g/mol. The zero-order chi connectivity index (χ0) is 20.8. The van der Waals surface area contributed by atoms with E-state index in [1.165, 1.54) is 17.4 Å². The third kappa shape index (κ3) is 3.61. The molecule has 0 saturated heterocycles. The molecule has 0 aliphatic carbocycles. The third-order valence-electron chi connectivity index (χ3n) is 4.58. The van der Waals surface area contributed by atoms with Crippen LogP contribution in [0.15, 0.2) is 47.8 Å². The van der Waals surface area contributed by atoms with Crippen molar-refractivity contribution in [2.75, 3.05) is 5.32 Å². The molecule has 9 heteroatoms. The van der Waals surface area contributed by atoms with Crippen LogP contribution < -0.4 is 5.32 Å². The first-order chi connectivity index (χ1) is 13.7. The Morgan fingerprint density at radius 2 is 1.93 bits per heavy atom. The van der Waals surface area contributed by atoms with Gasteiger partial charge in [0, 0.05) is 11.8 Å². The van der Waals surface area contributed by atoms with Crippen LogP contribution in [0, 0.1) is 13.8 Å². The molecule has 3 heterocycles. The molecule has 4 aromatic rings. The van der Waals surface area contributed by atoms with Crippen molar-refractivity contribution in [1.82, 2.24) is 14.6 Å². The van der Waals surface area contributed by atoms with Gasteiger partial charge in [0.1, 0.15) is 0 Å². The van der Waals surface area contributed by atoms with Crippen LogP contribution in [0.1, 0.15) is 27.3 Å². The maximum Gasteiger partial charge on any atom is 0.433 e. The highest BCUT2D eigenvalue weighted by Crippen LogP contribution is 2.33. The molecule has 0 aliphatic heterocycles.